The van der Waals surface area contributed by atoms with Crippen molar-refractivity contribution in [3.63, 3.8) is 0 Å². The fourth-order valence-electron chi connectivity index (χ4n) is 5.35. The Bertz CT molecular complexity index is 1000. The van der Waals surface area contributed by atoms with Crippen LogP contribution in [0.5, 0.6) is 0 Å². The molecule has 1 saturated carbocycles. The van der Waals surface area contributed by atoms with Gasteiger partial charge in [-0.15, -0.1) is 0 Å². The van der Waals surface area contributed by atoms with Gasteiger partial charge in [-0.05, 0) is 50.4 Å². The van der Waals surface area contributed by atoms with Crippen LogP contribution in [-0.4, -0.2) is 71.4 Å². The first-order valence-corrected chi connectivity index (χ1v) is 12.5. The van der Waals surface area contributed by atoms with E-state index in [0.717, 1.165) is 62.8 Å². The Hall–Kier alpha value is -2.67. The van der Waals surface area contributed by atoms with Crippen molar-refractivity contribution in [2.45, 2.75) is 58.0 Å². The molecule has 2 N–H and O–H groups in total. The number of rotatable bonds is 3. The van der Waals surface area contributed by atoms with Crippen LogP contribution in [0.15, 0.2) is 29.3 Å². The van der Waals surface area contributed by atoms with Crippen LogP contribution in [0.1, 0.15) is 50.2 Å². The molecule has 0 radical (unpaired) electrons. The quantitative estimate of drug-likeness (QED) is 0.573. The zero-order valence-corrected chi connectivity index (χ0v) is 20.1. The molecule has 2 aromatic rings. The van der Waals surface area contributed by atoms with Crippen LogP contribution >= 0.6 is 0 Å². The molecule has 0 unspecified atom stereocenters. The van der Waals surface area contributed by atoms with Crippen molar-refractivity contribution in [3.8, 4) is 11.3 Å². The maximum Gasteiger partial charge on any atom is 0.222 e. The second-order valence-electron chi connectivity index (χ2n) is 9.88. The van der Waals surface area contributed by atoms with Gasteiger partial charge in [-0.2, -0.15) is 4.98 Å². The van der Waals surface area contributed by atoms with Gasteiger partial charge >= 0.3 is 0 Å². The molecule has 33 heavy (non-hydrogen) atoms. The van der Waals surface area contributed by atoms with E-state index >= 15 is 0 Å². The van der Waals surface area contributed by atoms with Crippen molar-refractivity contribution in [1.29, 1.82) is 0 Å². The lowest BCUT2D eigenvalue weighted by atomic mass is 9.95. The van der Waals surface area contributed by atoms with Gasteiger partial charge in [0.15, 0.2) is 0 Å². The maximum absolute atomic E-state index is 6.14. The molecule has 1 aliphatic carbocycles. The minimum Gasteiger partial charge on any atom is -0.368 e. The number of likely N-dealkylation sites (N-methyl/N-ethyl adjacent to an activating group) is 1. The van der Waals surface area contributed by atoms with Crippen LogP contribution in [0.3, 0.4) is 0 Å². The molecular weight excluding hydrogens is 410 g/mol. The topological polar surface area (TPSA) is 73.9 Å². The number of nitrogen functional groups attached to an aromatic ring is 1. The van der Waals surface area contributed by atoms with Crippen LogP contribution < -0.4 is 10.6 Å². The normalized spacial score (nSPS) is 20.7. The summed E-state index contributed by atoms with van der Waals surface area (Å²) in [6.45, 7) is 8.15. The second-order valence-corrected chi connectivity index (χ2v) is 9.88. The number of hydrogen-bond donors (Lipinski definition) is 1. The van der Waals surface area contributed by atoms with E-state index in [1.54, 1.807) is 0 Å². The highest BCUT2D eigenvalue weighted by Gasteiger charge is 2.21. The summed E-state index contributed by atoms with van der Waals surface area (Å²) in [5.74, 6) is 2.47. The van der Waals surface area contributed by atoms with Gasteiger partial charge in [0.2, 0.25) is 5.95 Å². The van der Waals surface area contributed by atoms with Crippen molar-refractivity contribution >= 4 is 17.6 Å². The molecule has 3 aliphatic rings. The van der Waals surface area contributed by atoms with E-state index < -0.39 is 0 Å². The first-order chi connectivity index (χ1) is 16.0. The van der Waals surface area contributed by atoms with Crippen LogP contribution in [0.2, 0.25) is 0 Å². The summed E-state index contributed by atoms with van der Waals surface area (Å²) in [4.78, 5) is 21.3. The summed E-state index contributed by atoms with van der Waals surface area (Å²) in [5.41, 5.74) is 11.0. The van der Waals surface area contributed by atoms with E-state index in [1.165, 1.54) is 49.1 Å². The van der Waals surface area contributed by atoms with Crippen molar-refractivity contribution in [1.82, 2.24) is 19.8 Å². The smallest absolute Gasteiger partial charge is 0.222 e. The molecule has 1 aromatic heterocycles. The van der Waals surface area contributed by atoms with Gasteiger partial charge < -0.3 is 20.4 Å². The van der Waals surface area contributed by atoms with Gasteiger partial charge in [0.05, 0.1) is 17.6 Å². The number of aliphatic imine (C=N–C) groups is 1. The van der Waals surface area contributed by atoms with Gasteiger partial charge in [-0.25, -0.2) is 4.98 Å². The highest BCUT2D eigenvalue weighted by Crippen LogP contribution is 2.29. The molecular formula is C26H37N7. The van der Waals surface area contributed by atoms with Gasteiger partial charge in [-0.1, -0.05) is 31.4 Å². The van der Waals surface area contributed by atoms with Crippen LogP contribution in [-0.2, 0) is 13.0 Å². The van der Waals surface area contributed by atoms with Crippen molar-refractivity contribution in [3.05, 3.63) is 35.4 Å². The molecule has 7 nitrogen and oxygen atoms in total. The van der Waals surface area contributed by atoms with Gasteiger partial charge in [0.25, 0.3) is 0 Å². The average Bonchev–Trinajstić information content (AvgIpc) is 2.84. The molecule has 0 amide bonds. The lowest BCUT2D eigenvalue weighted by Gasteiger charge is -2.33. The molecule has 0 atom stereocenters. The monoisotopic (exact) mass is 447 g/mol. The third kappa shape index (κ3) is 5.13. The summed E-state index contributed by atoms with van der Waals surface area (Å²) < 4.78 is 0. The van der Waals surface area contributed by atoms with E-state index in [1.807, 2.05) is 0 Å². The third-order valence-corrected chi connectivity index (χ3v) is 7.47. The van der Waals surface area contributed by atoms with E-state index in [9.17, 15) is 0 Å². The number of nitrogens with zero attached hydrogens (tertiary/aromatic N) is 6. The van der Waals surface area contributed by atoms with Crippen molar-refractivity contribution in [2.24, 2.45) is 4.99 Å². The lowest BCUT2D eigenvalue weighted by Crippen LogP contribution is -2.44. The van der Waals surface area contributed by atoms with Gasteiger partial charge in [0, 0.05) is 50.9 Å². The van der Waals surface area contributed by atoms with E-state index in [4.69, 9.17) is 10.7 Å². The number of hydrogen-bond acceptors (Lipinski definition) is 6. The first-order valence-electron chi connectivity index (χ1n) is 12.5. The second kappa shape index (κ2) is 9.67. The Morgan fingerprint density at radius 2 is 1.76 bits per heavy atom. The van der Waals surface area contributed by atoms with E-state index in [2.05, 4.69) is 62.9 Å². The molecule has 0 spiro atoms. The molecule has 5 rings (SSSR count). The minimum absolute atomic E-state index is 0.344. The van der Waals surface area contributed by atoms with E-state index in [0.29, 0.717) is 12.0 Å². The highest BCUT2D eigenvalue weighted by atomic mass is 15.3. The first kappa shape index (κ1) is 22.1. The maximum atomic E-state index is 6.14. The van der Waals surface area contributed by atoms with Gasteiger partial charge in [0.1, 0.15) is 5.82 Å². The Kier molecular flexibility index (Phi) is 6.49. The SMILES string of the molecule is CC(=NC1CCCCC1)N1CCc2ccc(-c3cc(N4CCN(C)CC4)nc(N)n3)cc2C1. The Labute approximate surface area is 197 Å². The Balaban J connectivity index is 1.35. The van der Waals surface area contributed by atoms with Crippen LogP contribution in [0, 0.1) is 0 Å². The summed E-state index contributed by atoms with van der Waals surface area (Å²) in [7, 11) is 2.16. The molecule has 3 heterocycles. The molecule has 176 valence electrons. The fraction of sp³-hybridized carbons (Fsp3) is 0.577. The number of piperazine rings is 1. The molecule has 7 heteroatoms. The standard InChI is InChI=1S/C26H37N7/c1-19(28-23-6-4-3-5-7-23)33-11-10-20-8-9-21(16-22(20)18-33)24-17-25(30-26(27)29-24)32-14-12-31(2)13-15-32/h8-9,16-17,23H,3-7,10-15,18H2,1-2H3,(H2,27,29,30). The Morgan fingerprint density at radius 3 is 2.55 bits per heavy atom. The number of benzene rings is 1. The molecule has 1 saturated heterocycles. The minimum atomic E-state index is 0.344. The number of nitrogens with two attached hydrogens (primary N) is 1. The molecule has 1 aromatic carbocycles. The zero-order valence-electron chi connectivity index (χ0n) is 20.1. The van der Waals surface area contributed by atoms with Crippen LogP contribution in [0.25, 0.3) is 11.3 Å². The fourth-order valence-corrected chi connectivity index (χ4v) is 5.35. The summed E-state index contributed by atoms with van der Waals surface area (Å²) >= 11 is 0. The zero-order chi connectivity index (χ0) is 22.8. The van der Waals surface area contributed by atoms with E-state index in [-0.39, 0.29) is 0 Å². The summed E-state index contributed by atoms with van der Waals surface area (Å²) in [5, 5.41) is 0. The largest absolute Gasteiger partial charge is 0.368 e. The van der Waals surface area contributed by atoms with Crippen molar-refractivity contribution < 1.29 is 0 Å². The summed E-state index contributed by atoms with van der Waals surface area (Å²) in [6.07, 6.45) is 7.58. The van der Waals surface area contributed by atoms with Crippen molar-refractivity contribution in [2.75, 3.05) is 50.4 Å². The lowest BCUT2D eigenvalue weighted by molar-refractivity contribution is 0.312. The average molecular weight is 448 g/mol. The molecule has 2 fully saturated rings. The molecule has 0 bridgehead atoms. The number of aromatic nitrogens is 2. The summed E-state index contributed by atoms with van der Waals surface area (Å²) in [6, 6.07) is 9.37. The molecule has 2 aliphatic heterocycles. The predicted octanol–water partition coefficient (Wildman–Crippen LogP) is 3.59. The number of anilines is 2. The van der Waals surface area contributed by atoms with Gasteiger partial charge in [-0.3, -0.25) is 4.99 Å². The number of fused-ring (bicyclic) bond motifs is 1. The third-order valence-electron chi connectivity index (χ3n) is 7.47. The predicted molar refractivity (Wildman–Crippen MR) is 136 cm³/mol. The number of amidine groups is 1. The van der Waals surface area contributed by atoms with Crippen LogP contribution in [0.4, 0.5) is 11.8 Å². The Morgan fingerprint density at radius 1 is 0.970 bits per heavy atom. The highest BCUT2D eigenvalue weighted by molar-refractivity contribution is 5.80.